The fourth-order valence-electron chi connectivity index (χ4n) is 3.97. The predicted octanol–water partition coefficient (Wildman–Crippen LogP) is 5.62. The molecule has 0 radical (unpaired) electrons. The molecule has 5 nitrogen and oxygen atoms in total. The Kier molecular flexibility index (Phi) is 5.00. The monoisotopic (exact) mass is 427 g/mol. The standard InChI is InChI=1S/C25H21N3O2S/c1-2-30-18-14-12-17(13-15-18)28-23(26)22(21(25(28)29)16-8-4-3-5-9-16)24-27-19-10-6-7-11-20(19)31-24/h3-15,21,26-27H,2H2,1H3/b24-22-,26-23?/t21-/m1/s1. The van der Waals surface area contributed by atoms with Crippen LogP contribution in [-0.2, 0) is 4.79 Å². The van der Waals surface area contributed by atoms with Gasteiger partial charge in [0.1, 0.15) is 11.6 Å². The highest BCUT2D eigenvalue weighted by Gasteiger charge is 2.45. The van der Waals surface area contributed by atoms with Crippen LogP contribution in [0.5, 0.6) is 5.75 Å². The number of nitrogens with one attached hydrogen (secondary N) is 2. The van der Waals surface area contributed by atoms with Gasteiger partial charge in [-0.2, -0.15) is 0 Å². The maximum absolute atomic E-state index is 13.7. The number of amidine groups is 1. The first kappa shape index (κ1) is 19.5. The second-order valence-electron chi connectivity index (χ2n) is 7.26. The molecule has 154 valence electrons. The van der Waals surface area contributed by atoms with Gasteiger partial charge < -0.3 is 10.1 Å². The van der Waals surface area contributed by atoms with Crippen LogP contribution in [-0.4, -0.2) is 18.3 Å². The van der Waals surface area contributed by atoms with Gasteiger partial charge in [-0.15, -0.1) is 0 Å². The molecule has 1 fully saturated rings. The molecule has 0 aliphatic carbocycles. The zero-order valence-corrected chi connectivity index (χ0v) is 17.8. The van der Waals surface area contributed by atoms with Crippen LogP contribution >= 0.6 is 11.8 Å². The van der Waals surface area contributed by atoms with Crippen molar-refractivity contribution < 1.29 is 9.53 Å². The van der Waals surface area contributed by atoms with Crippen LogP contribution in [0.3, 0.4) is 0 Å². The predicted molar refractivity (Wildman–Crippen MR) is 125 cm³/mol. The fourth-order valence-corrected chi connectivity index (χ4v) is 5.05. The van der Waals surface area contributed by atoms with E-state index in [0.29, 0.717) is 17.9 Å². The molecule has 0 aromatic heterocycles. The van der Waals surface area contributed by atoms with Crippen molar-refractivity contribution in [3.8, 4) is 5.75 Å². The van der Waals surface area contributed by atoms with Crippen molar-refractivity contribution >= 4 is 34.9 Å². The maximum atomic E-state index is 13.7. The number of fused-ring (bicyclic) bond motifs is 1. The van der Waals surface area contributed by atoms with E-state index in [1.165, 1.54) is 4.90 Å². The zero-order chi connectivity index (χ0) is 21.4. The molecule has 0 unspecified atom stereocenters. The summed E-state index contributed by atoms with van der Waals surface area (Å²) in [4.78, 5) is 16.2. The van der Waals surface area contributed by atoms with E-state index in [4.69, 9.17) is 10.1 Å². The van der Waals surface area contributed by atoms with Gasteiger partial charge in [-0.3, -0.25) is 15.1 Å². The summed E-state index contributed by atoms with van der Waals surface area (Å²) < 4.78 is 5.53. The summed E-state index contributed by atoms with van der Waals surface area (Å²) >= 11 is 1.57. The van der Waals surface area contributed by atoms with Gasteiger partial charge in [-0.25, -0.2) is 0 Å². The third kappa shape index (κ3) is 3.39. The number of carbonyl (C=O) groups is 1. The van der Waals surface area contributed by atoms with Crippen molar-refractivity contribution in [2.45, 2.75) is 17.7 Å². The Balaban J connectivity index is 1.60. The summed E-state index contributed by atoms with van der Waals surface area (Å²) in [5, 5.41) is 13.2. The quantitative estimate of drug-likeness (QED) is 0.567. The molecule has 2 N–H and O–H groups in total. The van der Waals surface area contributed by atoms with Crippen LogP contribution in [0.2, 0.25) is 0 Å². The summed E-state index contributed by atoms with van der Waals surface area (Å²) in [6, 6.07) is 25.0. The summed E-state index contributed by atoms with van der Waals surface area (Å²) in [5.74, 6) is 0.280. The van der Waals surface area contributed by atoms with Gasteiger partial charge in [0.15, 0.2) is 0 Å². The molecule has 1 saturated heterocycles. The lowest BCUT2D eigenvalue weighted by atomic mass is 9.93. The Bertz CT molecular complexity index is 1160. The number of hydrogen-bond donors (Lipinski definition) is 2. The van der Waals surface area contributed by atoms with Crippen LogP contribution in [0.1, 0.15) is 18.4 Å². The SMILES string of the molecule is CCOc1ccc(N2C(=N)/C(=C3/Nc4ccccc4S3)[C@@H](c3ccccc3)C2=O)cc1. The van der Waals surface area contributed by atoms with Crippen molar-refractivity contribution in [2.24, 2.45) is 0 Å². The molecule has 0 spiro atoms. The van der Waals surface area contributed by atoms with Crippen molar-refractivity contribution in [3.63, 3.8) is 0 Å². The van der Waals surface area contributed by atoms with E-state index in [1.54, 1.807) is 11.8 Å². The number of rotatable bonds is 4. The van der Waals surface area contributed by atoms with Crippen LogP contribution in [0, 0.1) is 5.41 Å². The number of thioether (sulfide) groups is 1. The highest BCUT2D eigenvalue weighted by molar-refractivity contribution is 8.03. The summed E-state index contributed by atoms with van der Waals surface area (Å²) in [6.07, 6.45) is 0. The lowest BCUT2D eigenvalue weighted by molar-refractivity contribution is -0.117. The molecule has 1 amide bonds. The van der Waals surface area contributed by atoms with Gasteiger partial charge in [-0.1, -0.05) is 54.2 Å². The van der Waals surface area contributed by atoms with Crippen LogP contribution in [0.4, 0.5) is 11.4 Å². The number of amides is 1. The molecule has 31 heavy (non-hydrogen) atoms. The van der Waals surface area contributed by atoms with Crippen molar-refractivity contribution in [1.82, 2.24) is 0 Å². The third-order valence-corrected chi connectivity index (χ3v) is 6.47. The number of nitrogens with zero attached hydrogens (tertiary/aromatic N) is 1. The van der Waals surface area contributed by atoms with E-state index in [-0.39, 0.29) is 11.7 Å². The first-order valence-corrected chi connectivity index (χ1v) is 11.0. The molecule has 3 aromatic carbocycles. The maximum Gasteiger partial charge on any atom is 0.244 e. The van der Waals surface area contributed by atoms with E-state index >= 15 is 0 Å². The molecule has 2 heterocycles. The van der Waals surface area contributed by atoms with Gasteiger partial charge in [0.05, 0.1) is 28.9 Å². The topological polar surface area (TPSA) is 65.4 Å². The lowest BCUT2D eigenvalue weighted by Crippen LogP contribution is -2.29. The highest BCUT2D eigenvalue weighted by Crippen LogP contribution is 2.48. The number of para-hydroxylation sites is 1. The number of carbonyl (C=O) groups excluding carboxylic acids is 1. The van der Waals surface area contributed by atoms with Crippen LogP contribution in [0.15, 0.2) is 94.4 Å². The number of ether oxygens (including phenoxy) is 1. The normalized spacial score (nSPS) is 20.0. The van der Waals surface area contributed by atoms with E-state index < -0.39 is 5.92 Å². The Morgan fingerprint density at radius 2 is 1.71 bits per heavy atom. The van der Waals surface area contributed by atoms with Gasteiger partial charge in [-0.05, 0) is 48.9 Å². The Morgan fingerprint density at radius 1 is 1.00 bits per heavy atom. The van der Waals surface area contributed by atoms with Crippen molar-refractivity contribution in [2.75, 3.05) is 16.8 Å². The van der Waals surface area contributed by atoms with Gasteiger partial charge in [0.2, 0.25) is 5.91 Å². The minimum atomic E-state index is -0.537. The molecule has 3 aromatic rings. The third-order valence-electron chi connectivity index (χ3n) is 5.37. The van der Waals surface area contributed by atoms with Crippen LogP contribution in [0.25, 0.3) is 0 Å². The summed E-state index contributed by atoms with van der Waals surface area (Å²) in [7, 11) is 0. The molecule has 0 bridgehead atoms. The second kappa shape index (κ2) is 7.96. The second-order valence-corrected chi connectivity index (χ2v) is 8.31. The van der Waals surface area contributed by atoms with E-state index in [2.05, 4.69) is 5.32 Å². The Morgan fingerprint density at radius 3 is 2.42 bits per heavy atom. The zero-order valence-electron chi connectivity index (χ0n) is 17.0. The van der Waals surface area contributed by atoms with E-state index in [0.717, 1.165) is 26.9 Å². The van der Waals surface area contributed by atoms with Gasteiger partial charge in [0, 0.05) is 10.5 Å². The van der Waals surface area contributed by atoms with E-state index in [1.807, 2.05) is 85.8 Å². The van der Waals surface area contributed by atoms with Gasteiger partial charge in [0.25, 0.3) is 0 Å². The smallest absolute Gasteiger partial charge is 0.244 e. The average molecular weight is 428 g/mol. The number of hydrogen-bond acceptors (Lipinski definition) is 5. The minimum Gasteiger partial charge on any atom is -0.494 e. The minimum absolute atomic E-state index is 0.124. The molecule has 5 rings (SSSR count). The Hall–Kier alpha value is -3.51. The highest BCUT2D eigenvalue weighted by atomic mass is 32.2. The molecule has 2 aliphatic rings. The number of anilines is 2. The van der Waals surface area contributed by atoms with Crippen molar-refractivity contribution in [3.05, 3.63) is 95.0 Å². The molecular formula is C25H21N3O2S. The van der Waals surface area contributed by atoms with E-state index in [9.17, 15) is 4.79 Å². The van der Waals surface area contributed by atoms with Crippen LogP contribution < -0.4 is 15.0 Å². The first-order chi connectivity index (χ1) is 15.2. The molecule has 6 heteroatoms. The molecule has 2 aliphatic heterocycles. The summed E-state index contributed by atoms with van der Waals surface area (Å²) in [6.45, 7) is 2.51. The molecular weight excluding hydrogens is 406 g/mol. The fraction of sp³-hybridized carbons (Fsp3) is 0.120. The largest absolute Gasteiger partial charge is 0.494 e. The van der Waals surface area contributed by atoms with Crippen molar-refractivity contribution in [1.29, 1.82) is 5.41 Å². The lowest BCUT2D eigenvalue weighted by Gasteiger charge is -2.17. The molecule has 0 saturated carbocycles. The number of benzene rings is 3. The Labute approximate surface area is 185 Å². The first-order valence-electron chi connectivity index (χ1n) is 10.2. The molecule has 1 atom stereocenters. The van der Waals surface area contributed by atoms with Gasteiger partial charge >= 0.3 is 0 Å². The average Bonchev–Trinajstić information content (AvgIpc) is 3.33. The summed E-state index contributed by atoms with van der Waals surface area (Å²) in [5.41, 5.74) is 3.25.